The zero-order chi connectivity index (χ0) is 15.0. The number of hydrogen-bond acceptors (Lipinski definition) is 4. The predicted molar refractivity (Wildman–Crippen MR) is 84.5 cm³/mol. The van der Waals surface area contributed by atoms with Gasteiger partial charge in [-0.25, -0.2) is 4.98 Å². The predicted octanol–water partition coefficient (Wildman–Crippen LogP) is 1.52. The van der Waals surface area contributed by atoms with Crippen molar-refractivity contribution >= 4 is 22.5 Å². The third-order valence-electron chi connectivity index (χ3n) is 3.85. The highest BCUT2D eigenvalue weighted by Crippen LogP contribution is 2.28. The summed E-state index contributed by atoms with van der Waals surface area (Å²) in [7, 11) is 0. The van der Waals surface area contributed by atoms with Crippen LogP contribution < -0.4 is 16.0 Å². The Morgan fingerprint density at radius 2 is 1.95 bits per heavy atom. The minimum Gasteiger partial charge on any atom is -0.368 e. The van der Waals surface area contributed by atoms with Crippen molar-refractivity contribution in [3.63, 3.8) is 0 Å². The lowest BCUT2D eigenvalue weighted by Crippen LogP contribution is -2.54. The molecule has 1 aliphatic heterocycles. The van der Waals surface area contributed by atoms with Crippen molar-refractivity contribution in [1.29, 1.82) is 0 Å². The summed E-state index contributed by atoms with van der Waals surface area (Å²) in [4.78, 5) is 18.2. The summed E-state index contributed by atoms with van der Waals surface area (Å²) in [5, 5.41) is 4.57. The zero-order valence-electron chi connectivity index (χ0n) is 12.3. The molecule has 2 unspecified atom stereocenters. The number of nitrogens with two attached hydrogens (primary N) is 1. The standard InChI is InChI=1S/C16H20N4O/c1-10-8-20(9-11(2)18-10)15-7-14(16(17)21)19-13-6-4-3-5-12(13)15/h3-7,10-11,18H,8-9H2,1-2H3,(H2,17,21). The van der Waals surface area contributed by atoms with E-state index in [0.717, 1.165) is 29.7 Å². The largest absolute Gasteiger partial charge is 0.368 e. The molecule has 21 heavy (non-hydrogen) atoms. The maximum absolute atomic E-state index is 11.5. The number of primary amides is 1. The Bertz CT molecular complexity index is 675. The Labute approximate surface area is 124 Å². The van der Waals surface area contributed by atoms with Crippen LogP contribution in [0.4, 0.5) is 5.69 Å². The molecule has 1 fully saturated rings. The summed E-state index contributed by atoms with van der Waals surface area (Å²) < 4.78 is 0. The number of carbonyl (C=O) groups excluding carboxylic acids is 1. The van der Waals surface area contributed by atoms with E-state index in [2.05, 4.69) is 29.0 Å². The van der Waals surface area contributed by atoms with Gasteiger partial charge in [-0.05, 0) is 26.0 Å². The monoisotopic (exact) mass is 284 g/mol. The van der Waals surface area contributed by atoms with Crippen LogP contribution >= 0.6 is 0 Å². The first-order valence-electron chi connectivity index (χ1n) is 7.25. The molecule has 2 heterocycles. The molecule has 3 N–H and O–H groups in total. The molecule has 0 aliphatic carbocycles. The number of carbonyl (C=O) groups is 1. The Kier molecular flexibility index (Phi) is 3.51. The van der Waals surface area contributed by atoms with E-state index in [-0.39, 0.29) is 0 Å². The number of hydrogen-bond donors (Lipinski definition) is 2. The lowest BCUT2D eigenvalue weighted by molar-refractivity contribution is 0.0996. The van der Waals surface area contributed by atoms with Gasteiger partial charge >= 0.3 is 0 Å². The molecule has 1 amide bonds. The van der Waals surface area contributed by atoms with Gasteiger partial charge in [0.25, 0.3) is 5.91 Å². The van der Waals surface area contributed by atoms with Gasteiger partial charge in [0, 0.05) is 36.2 Å². The van der Waals surface area contributed by atoms with Gasteiger partial charge in [0.1, 0.15) is 5.69 Å². The van der Waals surface area contributed by atoms with E-state index in [1.807, 2.05) is 30.3 Å². The highest BCUT2D eigenvalue weighted by Gasteiger charge is 2.23. The maximum Gasteiger partial charge on any atom is 0.267 e. The van der Waals surface area contributed by atoms with Crippen molar-refractivity contribution in [3.8, 4) is 0 Å². The Morgan fingerprint density at radius 1 is 1.29 bits per heavy atom. The molecule has 3 rings (SSSR count). The molecule has 5 nitrogen and oxygen atoms in total. The molecule has 0 saturated carbocycles. The number of nitrogens with one attached hydrogen (secondary N) is 1. The Balaban J connectivity index is 2.13. The van der Waals surface area contributed by atoms with Crippen molar-refractivity contribution in [1.82, 2.24) is 10.3 Å². The second-order valence-electron chi connectivity index (χ2n) is 5.78. The summed E-state index contributed by atoms with van der Waals surface area (Å²) >= 11 is 0. The van der Waals surface area contributed by atoms with Gasteiger partial charge < -0.3 is 16.0 Å². The van der Waals surface area contributed by atoms with E-state index in [0.29, 0.717) is 17.8 Å². The third kappa shape index (κ3) is 2.69. The van der Waals surface area contributed by atoms with Crippen LogP contribution in [0.2, 0.25) is 0 Å². The molecule has 1 saturated heterocycles. The normalized spacial score (nSPS) is 22.5. The number of nitrogens with zero attached hydrogens (tertiary/aromatic N) is 2. The molecule has 0 bridgehead atoms. The van der Waals surface area contributed by atoms with Crippen LogP contribution in [-0.2, 0) is 0 Å². The maximum atomic E-state index is 11.5. The van der Waals surface area contributed by atoms with Crippen molar-refractivity contribution in [2.24, 2.45) is 5.73 Å². The summed E-state index contributed by atoms with van der Waals surface area (Å²) in [6.07, 6.45) is 0. The Morgan fingerprint density at radius 3 is 2.62 bits per heavy atom. The van der Waals surface area contributed by atoms with Gasteiger partial charge in [0.2, 0.25) is 0 Å². The molecule has 2 atom stereocenters. The first-order valence-corrected chi connectivity index (χ1v) is 7.25. The number of pyridine rings is 1. The first-order chi connectivity index (χ1) is 10.0. The topological polar surface area (TPSA) is 71.2 Å². The molecule has 1 aromatic heterocycles. The van der Waals surface area contributed by atoms with Crippen LogP contribution in [0.1, 0.15) is 24.3 Å². The molecule has 1 aromatic carbocycles. The van der Waals surface area contributed by atoms with Crippen LogP contribution in [-0.4, -0.2) is 36.1 Å². The molecular weight excluding hydrogens is 264 g/mol. The highest BCUT2D eigenvalue weighted by molar-refractivity contribution is 5.99. The van der Waals surface area contributed by atoms with E-state index in [9.17, 15) is 4.79 Å². The lowest BCUT2D eigenvalue weighted by atomic mass is 10.1. The van der Waals surface area contributed by atoms with E-state index in [1.54, 1.807) is 0 Å². The van der Waals surface area contributed by atoms with Gasteiger partial charge in [-0.15, -0.1) is 0 Å². The van der Waals surface area contributed by atoms with Crippen molar-refractivity contribution < 1.29 is 4.79 Å². The van der Waals surface area contributed by atoms with Crippen LogP contribution in [0, 0.1) is 0 Å². The SMILES string of the molecule is CC1CN(c2cc(C(N)=O)nc3ccccc23)CC(C)N1. The van der Waals surface area contributed by atoms with Crippen LogP contribution in [0.25, 0.3) is 10.9 Å². The van der Waals surface area contributed by atoms with Gasteiger partial charge in [0.15, 0.2) is 0 Å². The van der Waals surface area contributed by atoms with Gasteiger partial charge in [0.05, 0.1) is 5.52 Å². The average molecular weight is 284 g/mol. The number of fused-ring (bicyclic) bond motifs is 1. The number of rotatable bonds is 2. The van der Waals surface area contributed by atoms with Crippen LogP contribution in [0.5, 0.6) is 0 Å². The summed E-state index contributed by atoms with van der Waals surface area (Å²) in [5.74, 6) is -0.488. The fourth-order valence-corrected chi connectivity index (χ4v) is 3.07. The molecule has 110 valence electrons. The van der Waals surface area contributed by atoms with Gasteiger partial charge in [-0.1, -0.05) is 18.2 Å². The van der Waals surface area contributed by atoms with Crippen LogP contribution in [0.3, 0.4) is 0 Å². The van der Waals surface area contributed by atoms with Gasteiger partial charge in [-0.2, -0.15) is 0 Å². The fraction of sp³-hybridized carbons (Fsp3) is 0.375. The number of piperazine rings is 1. The summed E-state index contributed by atoms with van der Waals surface area (Å²) in [6, 6.07) is 10.5. The van der Waals surface area contributed by atoms with Crippen molar-refractivity contribution in [2.75, 3.05) is 18.0 Å². The number of anilines is 1. The summed E-state index contributed by atoms with van der Waals surface area (Å²) in [6.45, 7) is 6.13. The second-order valence-corrected chi connectivity index (χ2v) is 5.78. The van der Waals surface area contributed by atoms with E-state index in [1.165, 1.54) is 0 Å². The molecule has 2 aromatic rings. The van der Waals surface area contributed by atoms with Crippen molar-refractivity contribution in [2.45, 2.75) is 25.9 Å². The quantitative estimate of drug-likeness (QED) is 0.877. The molecule has 5 heteroatoms. The van der Waals surface area contributed by atoms with E-state index < -0.39 is 5.91 Å². The minimum atomic E-state index is -0.488. The first kappa shape index (κ1) is 13.8. The second kappa shape index (κ2) is 5.33. The summed E-state index contributed by atoms with van der Waals surface area (Å²) in [5.41, 5.74) is 7.59. The number of para-hydroxylation sites is 1. The lowest BCUT2D eigenvalue weighted by Gasteiger charge is -2.38. The van der Waals surface area contributed by atoms with Gasteiger partial charge in [-0.3, -0.25) is 4.79 Å². The minimum absolute atomic E-state index is 0.322. The van der Waals surface area contributed by atoms with Crippen molar-refractivity contribution in [3.05, 3.63) is 36.0 Å². The molecule has 0 spiro atoms. The van der Waals surface area contributed by atoms with Crippen LogP contribution in [0.15, 0.2) is 30.3 Å². The molecule has 0 radical (unpaired) electrons. The smallest absolute Gasteiger partial charge is 0.267 e. The number of amides is 1. The number of benzene rings is 1. The third-order valence-corrected chi connectivity index (χ3v) is 3.85. The molecular formula is C16H20N4O. The average Bonchev–Trinajstić information content (AvgIpc) is 2.45. The zero-order valence-corrected chi connectivity index (χ0v) is 12.3. The highest BCUT2D eigenvalue weighted by atomic mass is 16.1. The Hall–Kier alpha value is -2.14. The fourth-order valence-electron chi connectivity index (χ4n) is 3.07. The van der Waals surface area contributed by atoms with E-state index in [4.69, 9.17) is 5.73 Å². The van der Waals surface area contributed by atoms with E-state index >= 15 is 0 Å². The number of aromatic nitrogens is 1. The molecule has 1 aliphatic rings.